The summed E-state index contributed by atoms with van der Waals surface area (Å²) in [6.07, 6.45) is -4.32. The highest BCUT2D eigenvalue weighted by Gasteiger charge is 2.30. The second kappa shape index (κ2) is 5.23. The number of alkyl halides is 4. The fourth-order valence-corrected chi connectivity index (χ4v) is 3.63. The fraction of sp³-hybridized carbons (Fsp3) is 0.167. The molecular formula is C12H7BrClF3S. The third-order valence-electron chi connectivity index (χ3n) is 2.41. The minimum Gasteiger partial charge on any atom is -0.166 e. The van der Waals surface area contributed by atoms with Crippen LogP contribution in [0.15, 0.2) is 40.2 Å². The van der Waals surface area contributed by atoms with Gasteiger partial charge in [-0.2, -0.15) is 13.2 Å². The van der Waals surface area contributed by atoms with Gasteiger partial charge in [0, 0.05) is 9.35 Å². The summed E-state index contributed by atoms with van der Waals surface area (Å²) in [4.78, 5) is 0.886. The standard InChI is InChI=1S/C12H7BrClF3S/c13-9-5-6-18-11(9)10(14)7-1-3-8(4-2-7)12(15,16)17/h1-6,10H. The van der Waals surface area contributed by atoms with Gasteiger partial charge in [0.1, 0.15) is 0 Å². The quantitative estimate of drug-likeness (QED) is 0.592. The Morgan fingerprint density at radius 2 is 1.72 bits per heavy atom. The van der Waals surface area contributed by atoms with E-state index in [2.05, 4.69) is 15.9 Å². The molecule has 0 aliphatic heterocycles. The normalized spacial score (nSPS) is 13.6. The monoisotopic (exact) mass is 354 g/mol. The molecule has 0 saturated carbocycles. The molecule has 0 aliphatic carbocycles. The highest BCUT2D eigenvalue weighted by Crippen LogP contribution is 2.38. The van der Waals surface area contributed by atoms with Crippen molar-refractivity contribution in [3.8, 4) is 0 Å². The van der Waals surface area contributed by atoms with E-state index in [9.17, 15) is 13.2 Å². The molecule has 0 N–H and O–H groups in total. The Morgan fingerprint density at radius 1 is 1.11 bits per heavy atom. The van der Waals surface area contributed by atoms with E-state index in [1.807, 2.05) is 11.4 Å². The van der Waals surface area contributed by atoms with Crippen LogP contribution >= 0.6 is 38.9 Å². The van der Waals surface area contributed by atoms with Gasteiger partial charge < -0.3 is 0 Å². The molecule has 1 aromatic carbocycles. The van der Waals surface area contributed by atoms with Gasteiger partial charge in [0.2, 0.25) is 0 Å². The van der Waals surface area contributed by atoms with Crippen LogP contribution in [0.5, 0.6) is 0 Å². The zero-order valence-electron chi connectivity index (χ0n) is 8.84. The molecule has 0 fully saturated rings. The number of thiophene rings is 1. The molecular weight excluding hydrogens is 349 g/mol. The first-order chi connectivity index (χ1) is 8.39. The Morgan fingerprint density at radius 3 is 2.17 bits per heavy atom. The summed E-state index contributed by atoms with van der Waals surface area (Å²) in [6, 6.07) is 6.78. The summed E-state index contributed by atoms with van der Waals surface area (Å²) in [7, 11) is 0. The highest BCUT2D eigenvalue weighted by molar-refractivity contribution is 9.10. The number of rotatable bonds is 2. The first-order valence-corrected chi connectivity index (χ1v) is 7.04. The lowest BCUT2D eigenvalue weighted by Gasteiger charge is -2.11. The Labute approximate surface area is 120 Å². The van der Waals surface area contributed by atoms with Gasteiger partial charge in [0.25, 0.3) is 0 Å². The molecule has 0 aliphatic rings. The number of hydrogen-bond acceptors (Lipinski definition) is 1. The van der Waals surface area contributed by atoms with Crippen LogP contribution in [0.4, 0.5) is 13.2 Å². The SMILES string of the molecule is FC(F)(F)c1ccc(C(Cl)c2sccc2Br)cc1. The van der Waals surface area contributed by atoms with E-state index < -0.39 is 17.1 Å². The molecule has 0 saturated heterocycles. The van der Waals surface area contributed by atoms with Crippen LogP contribution in [0.25, 0.3) is 0 Å². The van der Waals surface area contributed by atoms with Gasteiger partial charge in [-0.05, 0) is 45.1 Å². The molecule has 1 heterocycles. The third-order valence-corrected chi connectivity index (χ3v) is 4.94. The Kier molecular flexibility index (Phi) is 4.04. The van der Waals surface area contributed by atoms with Crippen molar-refractivity contribution in [2.24, 2.45) is 0 Å². The lowest BCUT2D eigenvalue weighted by atomic mass is 10.1. The van der Waals surface area contributed by atoms with Crippen LogP contribution in [0.3, 0.4) is 0 Å². The fourth-order valence-electron chi connectivity index (χ4n) is 1.48. The molecule has 0 bridgehead atoms. The number of hydrogen-bond donors (Lipinski definition) is 0. The second-order valence-electron chi connectivity index (χ2n) is 3.62. The van der Waals surface area contributed by atoms with Crippen molar-refractivity contribution < 1.29 is 13.2 Å². The molecule has 6 heteroatoms. The van der Waals surface area contributed by atoms with E-state index in [-0.39, 0.29) is 0 Å². The molecule has 1 atom stereocenters. The molecule has 0 radical (unpaired) electrons. The number of halogens is 5. The van der Waals surface area contributed by atoms with Gasteiger partial charge in [-0.25, -0.2) is 0 Å². The minimum atomic E-state index is -4.32. The summed E-state index contributed by atoms with van der Waals surface area (Å²) in [5.41, 5.74) is -0.0202. The molecule has 2 rings (SSSR count). The zero-order chi connectivity index (χ0) is 13.3. The maximum atomic E-state index is 12.4. The van der Waals surface area contributed by atoms with Gasteiger partial charge >= 0.3 is 6.18 Å². The average molecular weight is 356 g/mol. The summed E-state index contributed by atoms with van der Waals surface area (Å²) < 4.78 is 38.1. The highest BCUT2D eigenvalue weighted by atomic mass is 79.9. The molecule has 1 aromatic heterocycles. The molecule has 0 spiro atoms. The van der Waals surface area contributed by atoms with E-state index >= 15 is 0 Å². The minimum absolute atomic E-state index is 0.443. The van der Waals surface area contributed by atoms with Crippen molar-refractivity contribution in [3.05, 3.63) is 56.2 Å². The zero-order valence-corrected chi connectivity index (χ0v) is 12.0. The molecule has 96 valence electrons. The van der Waals surface area contributed by atoms with Gasteiger partial charge in [0.05, 0.1) is 10.9 Å². The summed E-state index contributed by atoms with van der Waals surface area (Å²) in [5, 5.41) is 1.43. The average Bonchev–Trinajstić information content (AvgIpc) is 2.73. The van der Waals surface area contributed by atoms with E-state index in [0.717, 1.165) is 21.5 Å². The van der Waals surface area contributed by atoms with Crippen LogP contribution in [0, 0.1) is 0 Å². The molecule has 0 amide bonds. The number of benzene rings is 1. The first kappa shape index (κ1) is 13.9. The van der Waals surface area contributed by atoms with Crippen LogP contribution in [-0.2, 0) is 6.18 Å². The van der Waals surface area contributed by atoms with Crippen LogP contribution in [-0.4, -0.2) is 0 Å². The smallest absolute Gasteiger partial charge is 0.166 e. The van der Waals surface area contributed by atoms with Gasteiger partial charge in [0.15, 0.2) is 0 Å². The summed E-state index contributed by atoms with van der Waals surface area (Å²) in [5.74, 6) is 0. The molecule has 1 unspecified atom stereocenters. The Bertz CT molecular complexity index is 533. The topological polar surface area (TPSA) is 0 Å². The van der Waals surface area contributed by atoms with Crippen molar-refractivity contribution in [3.63, 3.8) is 0 Å². The van der Waals surface area contributed by atoms with Crippen molar-refractivity contribution >= 4 is 38.9 Å². The lowest BCUT2D eigenvalue weighted by molar-refractivity contribution is -0.137. The largest absolute Gasteiger partial charge is 0.416 e. The van der Waals surface area contributed by atoms with Crippen molar-refractivity contribution in [2.45, 2.75) is 11.6 Å². The van der Waals surface area contributed by atoms with Crippen LogP contribution < -0.4 is 0 Å². The van der Waals surface area contributed by atoms with Gasteiger partial charge in [-0.15, -0.1) is 22.9 Å². The molecule has 0 nitrogen and oxygen atoms in total. The van der Waals surface area contributed by atoms with Gasteiger partial charge in [-0.1, -0.05) is 12.1 Å². The van der Waals surface area contributed by atoms with Crippen molar-refractivity contribution in [2.75, 3.05) is 0 Å². The predicted molar refractivity (Wildman–Crippen MR) is 71.2 cm³/mol. The first-order valence-electron chi connectivity index (χ1n) is 4.93. The Balaban J connectivity index is 2.28. The van der Waals surface area contributed by atoms with E-state index in [1.54, 1.807) is 0 Å². The molecule has 18 heavy (non-hydrogen) atoms. The Hall–Kier alpha value is -0.520. The van der Waals surface area contributed by atoms with Crippen LogP contribution in [0.2, 0.25) is 0 Å². The molecule has 2 aromatic rings. The maximum Gasteiger partial charge on any atom is 0.416 e. The van der Waals surface area contributed by atoms with E-state index in [4.69, 9.17) is 11.6 Å². The third kappa shape index (κ3) is 2.90. The van der Waals surface area contributed by atoms with E-state index in [1.165, 1.54) is 23.5 Å². The van der Waals surface area contributed by atoms with Crippen molar-refractivity contribution in [1.82, 2.24) is 0 Å². The van der Waals surface area contributed by atoms with Crippen LogP contribution in [0.1, 0.15) is 21.4 Å². The summed E-state index contributed by atoms with van der Waals surface area (Å²) in [6.45, 7) is 0. The lowest BCUT2D eigenvalue weighted by Crippen LogP contribution is -2.04. The van der Waals surface area contributed by atoms with E-state index in [0.29, 0.717) is 5.56 Å². The predicted octanol–water partition coefficient (Wildman–Crippen LogP) is 5.86. The maximum absolute atomic E-state index is 12.4. The van der Waals surface area contributed by atoms with Crippen molar-refractivity contribution in [1.29, 1.82) is 0 Å². The summed E-state index contributed by atoms with van der Waals surface area (Å²) >= 11 is 11.1. The van der Waals surface area contributed by atoms with Gasteiger partial charge in [-0.3, -0.25) is 0 Å². The second-order valence-corrected chi connectivity index (χ2v) is 5.85.